The fourth-order valence-electron chi connectivity index (χ4n) is 4.02. The first-order valence-corrected chi connectivity index (χ1v) is 14.0. The number of nitrogens with zero attached hydrogens (tertiary/aromatic N) is 3. The minimum atomic E-state index is -4.16. The van der Waals surface area contributed by atoms with Crippen LogP contribution in [0.5, 0.6) is 11.5 Å². The quantitative estimate of drug-likeness (QED) is 0.166. The lowest BCUT2D eigenvalue weighted by Crippen LogP contribution is -2.17. The highest BCUT2D eigenvalue weighted by Crippen LogP contribution is 2.31. The molecule has 2 aromatic heterocycles. The number of anilines is 4. The molecule has 0 fully saturated rings. The molecular formula is C30H30N6O5S. The molecule has 3 aromatic carbocycles. The van der Waals surface area contributed by atoms with Crippen molar-refractivity contribution in [2.45, 2.75) is 25.2 Å². The molecule has 1 amide bonds. The number of rotatable bonds is 10. The number of ether oxygens (including phenoxy) is 1. The summed E-state index contributed by atoms with van der Waals surface area (Å²) in [7, 11) is -2.69. The highest BCUT2D eigenvalue weighted by Gasteiger charge is 2.20. The van der Waals surface area contributed by atoms with Crippen molar-refractivity contribution in [3.05, 3.63) is 96.8 Å². The molecule has 0 aliphatic carbocycles. The van der Waals surface area contributed by atoms with Gasteiger partial charge >= 0.3 is 0 Å². The van der Waals surface area contributed by atoms with Crippen LogP contribution in [0.4, 0.5) is 23.0 Å². The highest BCUT2D eigenvalue weighted by atomic mass is 32.2. The van der Waals surface area contributed by atoms with Crippen molar-refractivity contribution in [2.75, 3.05) is 22.5 Å². The van der Waals surface area contributed by atoms with E-state index in [1.165, 1.54) is 37.4 Å². The molecule has 11 nitrogen and oxygen atoms in total. The Morgan fingerprint density at radius 3 is 2.38 bits per heavy atom. The molecule has 0 bridgehead atoms. The first kappa shape index (κ1) is 29.7. The molecule has 0 saturated heterocycles. The Balaban J connectivity index is 0.00000405. The number of benzene rings is 3. The van der Waals surface area contributed by atoms with Gasteiger partial charge in [0.05, 0.1) is 23.0 Å². The van der Waals surface area contributed by atoms with Gasteiger partial charge in [-0.2, -0.15) is 0 Å². The number of hydrogen-bond acceptors (Lipinski definition) is 9. The lowest BCUT2D eigenvalue weighted by Gasteiger charge is -2.15. The molecule has 4 N–H and O–H groups in total. The Kier molecular flexibility index (Phi) is 9.18. The molecule has 0 unspecified atom stereocenters. The molecule has 42 heavy (non-hydrogen) atoms. The molecular weight excluding hydrogens is 556 g/mol. The zero-order chi connectivity index (χ0) is 28.8. The van der Waals surface area contributed by atoms with Crippen molar-refractivity contribution >= 4 is 50.0 Å². The molecule has 0 aliphatic rings. The fraction of sp³-hybridized carbons (Fsp3) is 0.133. The van der Waals surface area contributed by atoms with Gasteiger partial charge < -0.3 is 20.5 Å². The van der Waals surface area contributed by atoms with Crippen molar-refractivity contribution in [3.8, 4) is 11.5 Å². The van der Waals surface area contributed by atoms with Gasteiger partial charge in [0.1, 0.15) is 11.5 Å². The number of phenols is 1. The lowest BCUT2D eigenvalue weighted by atomic mass is 10.1. The number of sulfonamides is 1. The van der Waals surface area contributed by atoms with Crippen LogP contribution in [0, 0.1) is 0 Å². The van der Waals surface area contributed by atoms with E-state index in [1.54, 1.807) is 54.9 Å². The second kappa shape index (κ2) is 13.0. The van der Waals surface area contributed by atoms with Crippen LogP contribution in [0.1, 0.15) is 19.4 Å². The summed E-state index contributed by atoms with van der Waals surface area (Å²) < 4.78 is 34.6. The number of carbonyl (C=O) groups is 1. The molecule has 12 heteroatoms. The first-order valence-electron chi connectivity index (χ1n) is 12.5. The second-order valence-electron chi connectivity index (χ2n) is 9.00. The van der Waals surface area contributed by atoms with Gasteiger partial charge in [0.15, 0.2) is 11.6 Å². The maximum Gasteiger partial charge on any atom is 0.263 e. The van der Waals surface area contributed by atoms with Crippen molar-refractivity contribution in [1.29, 1.82) is 0 Å². The zero-order valence-corrected chi connectivity index (χ0v) is 22.7. The zero-order valence-electron chi connectivity index (χ0n) is 21.9. The van der Waals surface area contributed by atoms with Gasteiger partial charge in [0.25, 0.3) is 10.0 Å². The fourth-order valence-corrected chi connectivity index (χ4v) is 5.08. The Hall–Kier alpha value is -5.23. The second-order valence-corrected chi connectivity index (χ2v) is 10.7. The molecule has 0 radical (unpaired) electrons. The number of fused-ring (bicyclic) bond motifs is 1. The van der Waals surface area contributed by atoms with Crippen molar-refractivity contribution < 1.29 is 23.1 Å². The number of amides is 1. The van der Waals surface area contributed by atoms with Crippen LogP contribution >= 0.6 is 0 Å². The van der Waals surface area contributed by atoms with E-state index >= 15 is 0 Å². The maximum atomic E-state index is 13.5. The van der Waals surface area contributed by atoms with Crippen molar-refractivity contribution in [1.82, 2.24) is 15.0 Å². The Morgan fingerprint density at radius 1 is 0.905 bits per heavy atom. The molecule has 216 valence electrons. The average molecular weight is 587 g/mol. The van der Waals surface area contributed by atoms with Gasteiger partial charge in [-0.25, -0.2) is 18.4 Å². The van der Waals surface area contributed by atoms with Gasteiger partial charge in [-0.05, 0) is 48.4 Å². The Labute approximate surface area is 243 Å². The number of aromatic nitrogens is 3. The van der Waals surface area contributed by atoms with Crippen LogP contribution in [0.2, 0.25) is 0 Å². The van der Waals surface area contributed by atoms with Crippen LogP contribution in [-0.4, -0.2) is 41.5 Å². The Bertz CT molecular complexity index is 1820. The molecule has 0 atom stereocenters. The summed E-state index contributed by atoms with van der Waals surface area (Å²) in [6.45, 7) is 0. The number of hydrogen-bond donors (Lipinski definition) is 4. The summed E-state index contributed by atoms with van der Waals surface area (Å²) in [6, 6.07) is 21.1. The van der Waals surface area contributed by atoms with E-state index in [9.17, 15) is 18.3 Å². The number of nitrogens with one attached hydrogen (secondary N) is 3. The smallest absolute Gasteiger partial charge is 0.263 e. The van der Waals surface area contributed by atoms with E-state index in [1.807, 2.05) is 6.07 Å². The van der Waals surface area contributed by atoms with Crippen LogP contribution < -0.4 is 20.1 Å². The predicted octanol–water partition coefficient (Wildman–Crippen LogP) is 5.49. The van der Waals surface area contributed by atoms with Gasteiger partial charge in [-0.1, -0.05) is 31.7 Å². The van der Waals surface area contributed by atoms with Crippen molar-refractivity contribution in [3.63, 3.8) is 0 Å². The molecule has 5 rings (SSSR count). The van der Waals surface area contributed by atoms with Gasteiger partial charge in [-0.15, -0.1) is 0 Å². The third-order valence-electron chi connectivity index (χ3n) is 5.98. The first-order chi connectivity index (χ1) is 19.8. The molecule has 0 saturated carbocycles. The summed E-state index contributed by atoms with van der Waals surface area (Å²) in [5.74, 6) is 0.131. The molecule has 2 heterocycles. The largest absolute Gasteiger partial charge is 0.508 e. The van der Waals surface area contributed by atoms with Crippen LogP contribution in [-0.2, 0) is 21.2 Å². The monoisotopic (exact) mass is 586 g/mol. The Morgan fingerprint density at radius 2 is 1.67 bits per heavy atom. The molecule has 0 aliphatic heterocycles. The third-order valence-corrected chi connectivity index (χ3v) is 7.32. The number of aryl methyl sites for hydroxylation is 1. The van der Waals surface area contributed by atoms with Gasteiger partial charge in [0.2, 0.25) is 5.91 Å². The number of para-hydroxylation sites is 2. The number of aromatic hydroxyl groups is 1. The normalized spacial score (nSPS) is 10.9. The van der Waals surface area contributed by atoms with Crippen LogP contribution in [0.3, 0.4) is 0 Å². The predicted molar refractivity (Wildman–Crippen MR) is 163 cm³/mol. The summed E-state index contributed by atoms with van der Waals surface area (Å²) in [6.07, 6.45) is 4.07. The van der Waals surface area contributed by atoms with E-state index in [-0.39, 0.29) is 42.0 Å². The van der Waals surface area contributed by atoms with E-state index in [2.05, 4.69) is 30.3 Å². The third kappa shape index (κ3) is 7.29. The standard InChI is InChI=1S/C29H26N6O5S.CH4/c1-40-23-15-21(14-22(36)17-23)32-28-29(34-26-10-3-2-9-25(26)33-28)35-41(38,39)24-8-4-7-20(16-24)31-27(37)12-11-19-6-5-13-30-18-19;/h2-10,13-18,36H,11-12H2,1H3,(H,31,37)(H,32,33)(H,34,35);1H4. The number of pyridine rings is 1. The number of phenolic OH excluding ortho intramolecular Hbond substituents is 1. The van der Waals surface area contributed by atoms with Crippen LogP contribution in [0.15, 0.2) is 96.2 Å². The summed E-state index contributed by atoms with van der Waals surface area (Å²) >= 11 is 0. The van der Waals surface area contributed by atoms with Gasteiger partial charge in [-0.3, -0.25) is 14.5 Å². The van der Waals surface area contributed by atoms with E-state index in [0.717, 1.165) is 5.56 Å². The van der Waals surface area contributed by atoms with Crippen LogP contribution in [0.25, 0.3) is 11.0 Å². The van der Waals surface area contributed by atoms with Crippen molar-refractivity contribution in [2.24, 2.45) is 0 Å². The topological polar surface area (TPSA) is 155 Å². The summed E-state index contributed by atoms with van der Waals surface area (Å²) in [5, 5.41) is 15.8. The van der Waals surface area contributed by atoms with E-state index in [0.29, 0.717) is 34.6 Å². The number of methoxy groups -OCH3 is 1. The maximum absolute atomic E-state index is 13.5. The minimum Gasteiger partial charge on any atom is -0.508 e. The lowest BCUT2D eigenvalue weighted by molar-refractivity contribution is -0.116. The SMILES string of the molecule is C.COc1cc(O)cc(Nc2nc3ccccc3nc2NS(=O)(=O)c2cccc(NC(=O)CCc3cccnc3)c2)c1. The minimum absolute atomic E-state index is 0. The number of carbonyl (C=O) groups excluding carboxylic acids is 1. The molecule has 0 spiro atoms. The van der Waals surface area contributed by atoms with E-state index in [4.69, 9.17) is 4.74 Å². The summed E-state index contributed by atoms with van der Waals surface area (Å²) in [4.78, 5) is 25.5. The highest BCUT2D eigenvalue weighted by molar-refractivity contribution is 7.92. The summed E-state index contributed by atoms with van der Waals surface area (Å²) in [5.41, 5.74) is 2.66. The average Bonchev–Trinajstić information content (AvgIpc) is 2.96. The van der Waals surface area contributed by atoms with Gasteiger partial charge in [0, 0.05) is 48.4 Å². The van der Waals surface area contributed by atoms with E-state index < -0.39 is 10.0 Å². The molecule has 5 aromatic rings.